The Hall–Kier alpha value is -0.380. The number of carbonyl (C=O) groups excluding carboxylic acids is 1. The van der Waals surface area contributed by atoms with Gasteiger partial charge in [0.15, 0.2) is 0 Å². The monoisotopic (exact) mass is 329 g/mol. The molecular formula is C11H24NO8P. The average molecular weight is 329 g/mol. The smallest absolute Gasteiger partial charge is 0.388 e. The number of phosphoric acid groups is 1. The third-order valence-electron chi connectivity index (χ3n) is 2.83. The van der Waals surface area contributed by atoms with Crippen LogP contribution in [-0.4, -0.2) is 68.9 Å². The van der Waals surface area contributed by atoms with Crippen molar-refractivity contribution in [3.05, 3.63) is 0 Å². The second-order valence-electron chi connectivity index (χ2n) is 4.66. The zero-order chi connectivity index (χ0) is 16.5. The Morgan fingerprint density at radius 2 is 1.81 bits per heavy atom. The van der Waals surface area contributed by atoms with Gasteiger partial charge in [-0.05, 0) is 13.0 Å². The van der Waals surface area contributed by atoms with Crippen LogP contribution in [0.15, 0.2) is 0 Å². The molecule has 0 aliphatic carbocycles. The van der Waals surface area contributed by atoms with E-state index >= 15 is 0 Å². The van der Waals surface area contributed by atoms with Crippen LogP contribution in [-0.2, 0) is 13.9 Å². The van der Waals surface area contributed by atoms with Gasteiger partial charge in [0, 0.05) is 0 Å². The first-order chi connectivity index (χ1) is 9.72. The molecule has 10 heteroatoms. The van der Waals surface area contributed by atoms with E-state index in [0.717, 1.165) is 19.3 Å². The minimum Gasteiger partial charge on any atom is -0.388 e. The first-order valence-corrected chi connectivity index (χ1v) is 8.19. The Bertz CT molecular complexity index is 336. The minimum absolute atomic E-state index is 0.399. The van der Waals surface area contributed by atoms with E-state index in [-0.39, 0.29) is 0 Å². The molecule has 0 aromatic carbocycles. The predicted molar refractivity (Wildman–Crippen MR) is 73.4 cm³/mol. The topological polar surface area (TPSA) is 157 Å². The second kappa shape index (κ2) is 10.4. The predicted octanol–water partition coefficient (Wildman–Crippen LogP) is -1.47. The lowest BCUT2D eigenvalue weighted by Crippen LogP contribution is -2.52. The Morgan fingerprint density at radius 3 is 2.29 bits per heavy atom. The molecule has 126 valence electrons. The van der Waals surface area contributed by atoms with Crippen molar-refractivity contribution in [2.75, 3.05) is 13.2 Å². The van der Waals surface area contributed by atoms with E-state index in [2.05, 4.69) is 9.84 Å². The van der Waals surface area contributed by atoms with Crippen LogP contribution in [0.3, 0.4) is 0 Å². The quantitative estimate of drug-likeness (QED) is 0.143. The number of aldehydes is 1. The number of aliphatic hydroxyl groups excluding tert-OH is 3. The van der Waals surface area contributed by atoms with Gasteiger partial charge in [-0.15, -0.1) is 0 Å². The number of nitrogens with one attached hydrogen (secondary N) is 1. The summed E-state index contributed by atoms with van der Waals surface area (Å²) in [5.41, 5.74) is 0. The highest BCUT2D eigenvalue weighted by molar-refractivity contribution is 7.46. The van der Waals surface area contributed by atoms with Crippen molar-refractivity contribution >= 4 is 14.1 Å². The number of hydrogen-bond acceptors (Lipinski definition) is 7. The lowest BCUT2D eigenvalue weighted by Gasteiger charge is -2.27. The molecule has 0 saturated carbocycles. The van der Waals surface area contributed by atoms with Gasteiger partial charge in [0.25, 0.3) is 0 Å². The zero-order valence-corrected chi connectivity index (χ0v) is 12.7. The molecule has 0 amide bonds. The summed E-state index contributed by atoms with van der Waals surface area (Å²) in [7, 11) is -4.78. The van der Waals surface area contributed by atoms with Gasteiger partial charge in [0.05, 0.1) is 12.6 Å². The van der Waals surface area contributed by atoms with Gasteiger partial charge in [-0.2, -0.15) is 0 Å². The van der Waals surface area contributed by atoms with Gasteiger partial charge in [-0.1, -0.05) is 19.8 Å². The van der Waals surface area contributed by atoms with Crippen molar-refractivity contribution in [1.29, 1.82) is 0 Å². The summed E-state index contributed by atoms with van der Waals surface area (Å²) in [5, 5.41) is 31.6. The van der Waals surface area contributed by atoms with Crippen molar-refractivity contribution < 1.29 is 39.0 Å². The summed E-state index contributed by atoms with van der Waals surface area (Å²) >= 11 is 0. The number of carbonyl (C=O) groups is 1. The molecule has 0 radical (unpaired) electrons. The molecule has 4 atom stereocenters. The molecule has 0 heterocycles. The summed E-state index contributed by atoms with van der Waals surface area (Å²) in [6.45, 7) is 1.59. The molecule has 0 saturated heterocycles. The maximum atomic E-state index is 10.9. The minimum atomic E-state index is -4.78. The molecule has 6 N–H and O–H groups in total. The molecule has 0 aliphatic heterocycles. The lowest BCUT2D eigenvalue weighted by atomic mass is 10.0. The Labute approximate surface area is 123 Å². The van der Waals surface area contributed by atoms with E-state index in [4.69, 9.17) is 9.79 Å². The molecule has 0 aromatic rings. The fraction of sp³-hybridized carbons (Fsp3) is 0.909. The number of rotatable bonds is 12. The highest BCUT2D eigenvalue weighted by Crippen LogP contribution is 2.35. The van der Waals surface area contributed by atoms with Crippen molar-refractivity contribution in [2.24, 2.45) is 0 Å². The third-order valence-corrected chi connectivity index (χ3v) is 3.32. The average Bonchev–Trinajstić information content (AvgIpc) is 2.42. The number of phosphoric ester groups is 1. The van der Waals surface area contributed by atoms with Crippen LogP contribution in [0.25, 0.3) is 0 Å². The van der Waals surface area contributed by atoms with Gasteiger partial charge >= 0.3 is 7.82 Å². The lowest BCUT2D eigenvalue weighted by molar-refractivity contribution is -0.120. The van der Waals surface area contributed by atoms with Crippen LogP contribution in [0.1, 0.15) is 26.2 Å². The molecule has 0 aromatic heterocycles. The summed E-state index contributed by atoms with van der Waals surface area (Å²) in [6, 6.07) is -1.10. The van der Waals surface area contributed by atoms with E-state index in [1.54, 1.807) is 0 Å². The molecule has 0 fully saturated rings. The maximum absolute atomic E-state index is 10.9. The molecule has 0 rings (SSSR count). The van der Waals surface area contributed by atoms with Crippen LogP contribution in [0.5, 0.6) is 0 Å². The first-order valence-electron chi connectivity index (χ1n) is 6.66. The van der Waals surface area contributed by atoms with E-state index < -0.39 is 38.8 Å². The van der Waals surface area contributed by atoms with Gasteiger partial charge in [0.1, 0.15) is 24.6 Å². The molecule has 9 nitrogen and oxygen atoms in total. The molecule has 0 spiro atoms. The van der Waals surface area contributed by atoms with Crippen molar-refractivity contribution in [3.63, 3.8) is 0 Å². The maximum Gasteiger partial charge on any atom is 0.469 e. The largest absolute Gasteiger partial charge is 0.469 e. The summed E-state index contributed by atoms with van der Waals surface area (Å²) < 4.78 is 14.5. The highest BCUT2D eigenvalue weighted by atomic mass is 31.2. The fourth-order valence-corrected chi connectivity index (χ4v) is 1.95. The van der Waals surface area contributed by atoms with Gasteiger partial charge in [-0.25, -0.2) is 4.57 Å². The summed E-state index contributed by atoms with van der Waals surface area (Å²) in [4.78, 5) is 27.8. The molecule has 0 aliphatic rings. The van der Waals surface area contributed by atoms with Crippen LogP contribution >= 0.6 is 7.82 Å². The number of unbranched alkanes of at least 4 members (excludes halogenated alkanes) is 2. The van der Waals surface area contributed by atoms with Crippen LogP contribution in [0, 0.1) is 0 Å². The van der Waals surface area contributed by atoms with E-state index in [1.807, 2.05) is 6.92 Å². The Balaban J connectivity index is 4.32. The highest BCUT2D eigenvalue weighted by Gasteiger charge is 2.32. The van der Waals surface area contributed by atoms with Crippen molar-refractivity contribution in [3.8, 4) is 0 Å². The van der Waals surface area contributed by atoms with E-state index in [9.17, 15) is 24.7 Å². The van der Waals surface area contributed by atoms with Crippen LogP contribution in [0.4, 0.5) is 0 Å². The standard InChI is InChI=1S/C11H24NO8P/c1-2-3-4-5-12-8(6-13)10(15)11(16)9(14)7-20-21(17,18)19/h6,8-12,14-16H,2-5,7H2,1H3,(H2,17,18,19)/t8-,9+,10+,11+/m0/s1. The van der Waals surface area contributed by atoms with Crippen LogP contribution in [0.2, 0.25) is 0 Å². The van der Waals surface area contributed by atoms with Crippen molar-refractivity contribution in [1.82, 2.24) is 5.32 Å². The molecular weight excluding hydrogens is 305 g/mol. The van der Waals surface area contributed by atoms with Crippen LogP contribution < -0.4 is 5.32 Å². The fourth-order valence-electron chi connectivity index (χ4n) is 1.61. The Morgan fingerprint density at radius 1 is 1.19 bits per heavy atom. The van der Waals surface area contributed by atoms with Gasteiger partial charge in [0.2, 0.25) is 0 Å². The van der Waals surface area contributed by atoms with E-state index in [0.29, 0.717) is 12.8 Å². The first kappa shape index (κ1) is 20.6. The number of aliphatic hydroxyl groups is 3. The SMILES string of the molecule is CCCCCN[C@@H](C=O)[C@@H](O)[C@H](O)[C@H](O)COP(=O)(O)O. The molecule has 21 heavy (non-hydrogen) atoms. The third kappa shape index (κ3) is 9.28. The summed E-state index contributed by atoms with van der Waals surface area (Å²) in [6.07, 6.45) is -2.05. The Kier molecular flexibility index (Phi) is 10.2. The summed E-state index contributed by atoms with van der Waals surface area (Å²) in [5.74, 6) is 0. The second-order valence-corrected chi connectivity index (χ2v) is 5.90. The molecule has 0 bridgehead atoms. The molecule has 0 unspecified atom stereocenters. The van der Waals surface area contributed by atoms with Gasteiger partial charge < -0.3 is 35.2 Å². The van der Waals surface area contributed by atoms with E-state index in [1.165, 1.54) is 0 Å². The zero-order valence-electron chi connectivity index (χ0n) is 11.8. The normalized spacial score (nSPS) is 18.0. The van der Waals surface area contributed by atoms with Crippen molar-refractivity contribution in [2.45, 2.75) is 50.5 Å². The number of hydrogen-bond donors (Lipinski definition) is 6. The van der Waals surface area contributed by atoms with Gasteiger partial charge in [-0.3, -0.25) is 4.52 Å².